The molecular weight excluding hydrogens is 337 g/mol. The van der Waals surface area contributed by atoms with Crippen molar-refractivity contribution >= 4 is 27.4 Å². The standard InChI is InChI=1S/C16H15BrFNO2/c1-3-21-11-4-5-12(13(17)8-11)16(20)10-6-14(18)9(2)15(19)7-10/h4-8H,3,19H2,1-2H3. The highest BCUT2D eigenvalue weighted by molar-refractivity contribution is 9.10. The number of ether oxygens (including phenoxy) is 1. The summed E-state index contributed by atoms with van der Waals surface area (Å²) >= 11 is 3.34. The van der Waals surface area contributed by atoms with Crippen LogP contribution in [0.2, 0.25) is 0 Å². The van der Waals surface area contributed by atoms with Gasteiger partial charge in [-0.2, -0.15) is 0 Å². The third-order valence-corrected chi connectivity index (χ3v) is 3.80. The summed E-state index contributed by atoms with van der Waals surface area (Å²) in [5.41, 5.74) is 6.98. The van der Waals surface area contributed by atoms with Crippen LogP contribution in [0.4, 0.5) is 10.1 Å². The molecule has 0 saturated heterocycles. The van der Waals surface area contributed by atoms with E-state index in [1.807, 2.05) is 6.92 Å². The van der Waals surface area contributed by atoms with E-state index in [0.717, 1.165) is 0 Å². The number of ketones is 1. The highest BCUT2D eigenvalue weighted by Gasteiger charge is 2.16. The van der Waals surface area contributed by atoms with Gasteiger partial charge < -0.3 is 10.5 Å². The predicted octanol–water partition coefficient (Wildman–Crippen LogP) is 4.11. The van der Waals surface area contributed by atoms with Gasteiger partial charge in [-0.05, 0) is 60.1 Å². The van der Waals surface area contributed by atoms with Gasteiger partial charge in [0.1, 0.15) is 11.6 Å². The van der Waals surface area contributed by atoms with Gasteiger partial charge in [-0.25, -0.2) is 4.39 Å². The molecule has 0 atom stereocenters. The van der Waals surface area contributed by atoms with Crippen molar-refractivity contribution < 1.29 is 13.9 Å². The number of halogens is 2. The Hall–Kier alpha value is -1.88. The lowest BCUT2D eigenvalue weighted by molar-refractivity contribution is 0.103. The summed E-state index contributed by atoms with van der Waals surface area (Å²) in [5.74, 6) is -0.119. The molecule has 0 aliphatic rings. The van der Waals surface area contributed by atoms with Crippen molar-refractivity contribution in [2.24, 2.45) is 0 Å². The van der Waals surface area contributed by atoms with Crippen molar-refractivity contribution in [3.05, 3.63) is 57.3 Å². The first-order chi connectivity index (χ1) is 9.93. The van der Waals surface area contributed by atoms with Crippen molar-refractivity contribution in [1.82, 2.24) is 0 Å². The van der Waals surface area contributed by atoms with E-state index in [1.165, 1.54) is 12.1 Å². The number of benzene rings is 2. The SMILES string of the molecule is CCOc1ccc(C(=O)c2cc(N)c(C)c(F)c2)c(Br)c1. The van der Waals surface area contributed by atoms with E-state index in [2.05, 4.69) is 15.9 Å². The average Bonchev–Trinajstić information content (AvgIpc) is 2.44. The van der Waals surface area contributed by atoms with E-state index in [-0.39, 0.29) is 17.0 Å². The lowest BCUT2D eigenvalue weighted by atomic mass is 10.0. The third-order valence-electron chi connectivity index (χ3n) is 3.14. The Balaban J connectivity index is 2.40. The third kappa shape index (κ3) is 3.24. The van der Waals surface area contributed by atoms with Crippen LogP contribution >= 0.6 is 15.9 Å². The normalized spacial score (nSPS) is 10.5. The highest BCUT2D eigenvalue weighted by Crippen LogP contribution is 2.27. The van der Waals surface area contributed by atoms with E-state index in [1.54, 1.807) is 25.1 Å². The van der Waals surface area contributed by atoms with Gasteiger partial charge in [0.2, 0.25) is 0 Å². The quantitative estimate of drug-likeness (QED) is 0.666. The number of nitrogens with two attached hydrogens (primary N) is 1. The maximum Gasteiger partial charge on any atom is 0.194 e. The number of carbonyl (C=O) groups excluding carboxylic acids is 1. The van der Waals surface area contributed by atoms with Crippen LogP contribution < -0.4 is 10.5 Å². The van der Waals surface area contributed by atoms with Crippen LogP contribution in [0, 0.1) is 12.7 Å². The van der Waals surface area contributed by atoms with Gasteiger partial charge >= 0.3 is 0 Å². The molecule has 0 heterocycles. The van der Waals surface area contributed by atoms with Crippen LogP contribution in [-0.4, -0.2) is 12.4 Å². The molecule has 5 heteroatoms. The maximum atomic E-state index is 13.7. The molecule has 3 nitrogen and oxygen atoms in total. The largest absolute Gasteiger partial charge is 0.494 e. The van der Waals surface area contributed by atoms with E-state index in [4.69, 9.17) is 10.5 Å². The van der Waals surface area contributed by atoms with Crippen LogP contribution in [0.5, 0.6) is 5.75 Å². The molecule has 110 valence electrons. The van der Waals surface area contributed by atoms with Crippen molar-refractivity contribution in [3.63, 3.8) is 0 Å². The fourth-order valence-corrected chi connectivity index (χ4v) is 2.46. The van der Waals surface area contributed by atoms with Crippen molar-refractivity contribution in [2.45, 2.75) is 13.8 Å². The summed E-state index contributed by atoms with van der Waals surface area (Å²) in [7, 11) is 0. The first-order valence-electron chi connectivity index (χ1n) is 6.46. The number of rotatable bonds is 4. The van der Waals surface area contributed by atoms with E-state index < -0.39 is 5.82 Å². The fraction of sp³-hybridized carbons (Fsp3) is 0.188. The molecule has 2 aromatic rings. The van der Waals surface area contributed by atoms with Crippen LogP contribution in [0.1, 0.15) is 28.4 Å². The molecule has 0 aliphatic heterocycles. The molecule has 21 heavy (non-hydrogen) atoms. The summed E-state index contributed by atoms with van der Waals surface area (Å²) in [6, 6.07) is 7.76. The van der Waals surface area contributed by atoms with Gasteiger partial charge in [-0.15, -0.1) is 0 Å². The Morgan fingerprint density at radius 3 is 2.62 bits per heavy atom. The molecule has 0 aliphatic carbocycles. The number of nitrogen functional groups attached to an aromatic ring is 1. The second kappa shape index (κ2) is 6.26. The number of carbonyl (C=O) groups is 1. The van der Waals surface area contributed by atoms with Crippen LogP contribution in [0.3, 0.4) is 0 Å². The lowest BCUT2D eigenvalue weighted by Crippen LogP contribution is -2.06. The van der Waals surface area contributed by atoms with Crippen molar-refractivity contribution in [2.75, 3.05) is 12.3 Å². The zero-order chi connectivity index (χ0) is 15.6. The fourth-order valence-electron chi connectivity index (χ4n) is 1.92. The molecule has 0 bridgehead atoms. The zero-order valence-corrected chi connectivity index (χ0v) is 13.3. The van der Waals surface area contributed by atoms with Crippen LogP contribution in [0.25, 0.3) is 0 Å². The smallest absolute Gasteiger partial charge is 0.194 e. The zero-order valence-electron chi connectivity index (χ0n) is 11.7. The molecule has 2 aromatic carbocycles. The Morgan fingerprint density at radius 2 is 2.05 bits per heavy atom. The van der Waals surface area contributed by atoms with Crippen molar-refractivity contribution in [3.8, 4) is 5.75 Å². The van der Waals surface area contributed by atoms with Crippen LogP contribution in [-0.2, 0) is 0 Å². The van der Waals surface area contributed by atoms with E-state index in [0.29, 0.717) is 28.0 Å². The monoisotopic (exact) mass is 351 g/mol. The Morgan fingerprint density at radius 1 is 1.33 bits per heavy atom. The molecular formula is C16H15BrFNO2. The van der Waals surface area contributed by atoms with E-state index >= 15 is 0 Å². The van der Waals surface area contributed by atoms with Gasteiger partial charge in [-0.1, -0.05) is 0 Å². The molecule has 0 amide bonds. The molecule has 0 radical (unpaired) electrons. The minimum atomic E-state index is -0.486. The Kier molecular flexibility index (Phi) is 4.63. The van der Waals surface area contributed by atoms with Gasteiger partial charge in [0.25, 0.3) is 0 Å². The molecule has 2 N–H and O–H groups in total. The Labute approximate surface area is 131 Å². The topological polar surface area (TPSA) is 52.3 Å². The highest BCUT2D eigenvalue weighted by atomic mass is 79.9. The average molecular weight is 352 g/mol. The second-order valence-corrected chi connectivity index (χ2v) is 5.43. The van der Waals surface area contributed by atoms with E-state index in [9.17, 15) is 9.18 Å². The summed E-state index contributed by atoms with van der Waals surface area (Å²) in [6.07, 6.45) is 0. The van der Waals surface area contributed by atoms with Gasteiger partial charge in [0.15, 0.2) is 5.78 Å². The molecule has 2 rings (SSSR count). The van der Waals surface area contributed by atoms with Gasteiger partial charge in [0.05, 0.1) is 6.61 Å². The predicted molar refractivity (Wildman–Crippen MR) is 84.3 cm³/mol. The summed E-state index contributed by atoms with van der Waals surface area (Å²) in [5, 5.41) is 0. The number of hydrogen-bond acceptors (Lipinski definition) is 3. The first kappa shape index (κ1) is 15.5. The molecule has 0 unspecified atom stereocenters. The maximum absolute atomic E-state index is 13.7. The molecule has 0 aromatic heterocycles. The van der Waals surface area contributed by atoms with Crippen molar-refractivity contribution in [1.29, 1.82) is 0 Å². The second-order valence-electron chi connectivity index (χ2n) is 4.58. The minimum Gasteiger partial charge on any atom is -0.494 e. The molecule has 0 spiro atoms. The minimum absolute atomic E-state index is 0.223. The first-order valence-corrected chi connectivity index (χ1v) is 7.26. The van der Waals surface area contributed by atoms with Crippen LogP contribution in [0.15, 0.2) is 34.8 Å². The summed E-state index contributed by atoms with van der Waals surface area (Å²) in [4.78, 5) is 12.5. The van der Waals surface area contributed by atoms with Gasteiger partial charge in [-0.3, -0.25) is 4.79 Å². The Bertz CT molecular complexity index is 678. The number of anilines is 1. The number of hydrogen-bond donors (Lipinski definition) is 1. The van der Waals surface area contributed by atoms with Gasteiger partial charge in [0, 0.05) is 26.9 Å². The molecule has 0 saturated carbocycles. The summed E-state index contributed by atoms with van der Waals surface area (Å²) in [6.45, 7) is 4.00. The molecule has 0 fully saturated rings. The lowest BCUT2D eigenvalue weighted by Gasteiger charge is -2.09. The summed E-state index contributed by atoms with van der Waals surface area (Å²) < 4.78 is 19.7.